The molecule has 1 aromatic carbocycles. The summed E-state index contributed by atoms with van der Waals surface area (Å²) in [5.41, 5.74) is 4.00. The van der Waals surface area contributed by atoms with Crippen molar-refractivity contribution in [1.82, 2.24) is 10.3 Å². The fraction of sp³-hybridized carbons (Fsp3) is 0.400. The first-order valence-corrected chi connectivity index (χ1v) is 8.66. The summed E-state index contributed by atoms with van der Waals surface area (Å²) < 4.78 is 0. The number of piperidine rings is 1. The molecule has 126 valence electrons. The van der Waals surface area contributed by atoms with Gasteiger partial charge in [-0.25, -0.2) is 0 Å². The Labute approximate surface area is 143 Å². The second kappa shape index (κ2) is 7.47. The van der Waals surface area contributed by atoms with Gasteiger partial charge in [-0.3, -0.25) is 9.78 Å². The van der Waals surface area contributed by atoms with Crippen molar-refractivity contribution in [3.63, 3.8) is 0 Å². The molecule has 1 N–H and O–H groups in total. The van der Waals surface area contributed by atoms with E-state index in [9.17, 15) is 4.79 Å². The van der Waals surface area contributed by atoms with Crippen molar-refractivity contribution in [1.29, 1.82) is 0 Å². The van der Waals surface area contributed by atoms with Crippen LogP contribution in [-0.2, 0) is 6.54 Å². The predicted molar refractivity (Wildman–Crippen MR) is 97.2 cm³/mol. The van der Waals surface area contributed by atoms with E-state index in [4.69, 9.17) is 0 Å². The zero-order valence-corrected chi connectivity index (χ0v) is 14.5. The van der Waals surface area contributed by atoms with E-state index in [1.54, 1.807) is 6.20 Å². The van der Waals surface area contributed by atoms with Crippen LogP contribution in [0.2, 0.25) is 0 Å². The SMILES string of the molecule is Cc1ccccc1CNC(=O)c1cncc(N2CCCC(C)C2)c1. The van der Waals surface area contributed by atoms with Crippen LogP contribution in [0.3, 0.4) is 0 Å². The lowest BCUT2D eigenvalue weighted by Gasteiger charge is -2.32. The van der Waals surface area contributed by atoms with Gasteiger partial charge in [0.25, 0.3) is 5.91 Å². The van der Waals surface area contributed by atoms with E-state index in [2.05, 4.69) is 35.1 Å². The molecule has 4 heteroatoms. The van der Waals surface area contributed by atoms with Crippen molar-refractivity contribution in [3.05, 3.63) is 59.4 Å². The number of carbonyl (C=O) groups excluding carboxylic acids is 1. The van der Waals surface area contributed by atoms with Crippen molar-refractivity contribution in [2.75, 3.05) is 18.0 Å². The lowest BCUT2D eigenvalue weighted by molar-refractivity contribution is 0.0950. The molecule has 1 aliphatic heterocycles. The number of hydrogen-bond donors (Lipinski definition) is 1. The summed E-state index contributed by atoms with van der Waals surface area (Å²) in [5, 5.41) is 3.00. The van der Waals surface area contributed by atoms with Gasteiger partial charge in [0.2, 0.25) is 0 Å². The van der Waals surface area contributed by atoms with Crippen molar-refractivity contribution >= 4 is 11.6 Å². The van der Waals surface area contributed by atoms with E-state index in [1.165, 1.54) is 18.4 Å². The van der Waals surface area contributed by atoms with E-state index < -0.39 is 0 Å². The van der Waals surface area contributed by atoms with Crippen LogP contribution in [0.1, 0.15) is 41.3 Å². The molecule has 1 atom stereocenters. The molecule has 1 saturated heterocycles. The molecule has 3 rings (SSSR count). The molecule has 24 heavy (non-hydrogen) atoms. The van der Waals surface area contributed by atoms with Crippen LogP contribution in [0, 0.1) is 12.8 Å². The van der Waals surface area contributed by atoms with Gasteiger partial charge in [0.15, 0.2) is 0 Å². The lowest BCUT2D eigenvalue weighted by atomic mass is 10.00. The summed E-state index contributed by atoms with van der Waals surface area (Å²) >= 11 is 0. The Morgan fingerprint density at radius 1 is 1.33 bits per heavy atom. The highest BCUT2D eigenvalue weighted by atomic mass is 16.1. The Bertz CT molecular complexity index is 714. The van der Waals surface area contributed by atoms with Crippen molar-refractivity contribution in [2.24, 2.45) is 5.92 Å². The van der Waals surface area contributed by atoms with Crippen molar-refractivity contribution in [3.8, 4) is 0 Å². The second-order valence-electron chi connectivity index (χ2n) is 6.73. The molecule has 2 aromatic rings. The van der Waals surface area contributed by atoms with Crippen LogP contribution < -0.4 is 10.2 Å². The van der Waals surface area contributed by atoms with Crippen molar-refractivity contribution in [2.45, 2.75) is 33.2 Å². The fourth-order valence-electron chi connectivity index (χ4n) is 3.23. The van der Waals surface area contributed by atoms with Crippen LogP contribution in [0.25, 0.3) is 0 Å². The highest BCUT2D eigenvalue weighted by Crippen LogP contribution is 2.23. The van der Waals surface area contributed by atoms with Crippen LogP contribution in [0.5, 0.6) is 0 Å². The summed E-state index contributed by atoms with van der Waals surface area (Å²) in [6.45, 7) is 6.95. The molecule has 0 radical (unpaired) electrons. The van der Waals surface area contributed by atoms with Gasteiger partial charge in [-0.2, -0.15) is 0 Å². The predicted octanol–water partition coefficient (Wildman–Crippen LogP) is 3.56. The maximum Gasteiger partial charge on any atom is 0.253 e. The van der Waals surface area contributed by atoms with Gasteiger partial charge in [-0.15, -0.1) is 0 Å². The second-order valence-corrected chi connectivity index (χ2v) is 6.73. The fourth-order valence-corrected chi connectivity index (χ4v) is 3.23. The van der Waals surface area contributed by atoms with Gasteiger partial charge in [-0.05, 0) is 42.9 Å². The molecular weight excluding hydrogens is 298 g/mol. The third-order valence-electron chi connectivity index (χ3n) is 4.71. The smallest absolute Gasteiger partial charge is 0.253 e. The van der Waals surface area contributed by atoms with Gasteiger partial charge in [0.1, 0.15) is 0 Å². The molecule has 1 aromatic heterocycles. The Morgan fingerprint density at radius 3 is 2.96 bits per heavy atom. The number of nitrogens with one attached hydrogen (secondary N) is 1. The zero-order valence-electron chi connectivity index (χ0n) is 14.5. The minimum absolute atomic E-state index is 0.0716. The molecule has 1 aliphatic rings. The largest absolute Gasteiger partial charge is 0.370 e. The Kier molecular flexibility index (Phi) is 5.14. The number of anilines is 1. The summed E-state index contributed by atoms with van der Waals surface area (Å²) in [5.74, 6) is 0.620. The highest BCUT2D eigenvalue weighted by Gasteiger charge is 2.18. The molecule has 4 nitrogen and oxygen atoms in total. The molecule has 0 aliphatic carbocycles. The van der Waals surface area contributed by atoms with Crippen LogP contribution >= 0.6 is 0 Å². The van der Waals surface area contributed by atoms with Crippen LogP contribution in [-0.4, -0.2) is 24.0 Å². The Hall–Kier alpha value is -2.36. The topological polar surface area (TPSA) is 45.2 Å². The molecule has 2 heterocycles. The number of rotatable bonds is 4. The number of pyridine rings is 1. The number of nitrogens with zero attached hydrogens (tertiary/aromatic N) is 2. The molecule has 0 saturated carbocycles. The summed E-state index contributed by atoms with van der Waals surface area (Å²) in [4.78, 5) is 19.1. The lowest BCUT2D eigenvalue weighted by Crippen LogP contribution is -2.34. The highest BCUT2D eigenvalue weighted by molar-refractivity contribution is 5.94. The maximum absolute atomic E-state index is 12.5. The monoisotopic (exact) mass is 323 g/mol. The first-order valence-electron chi connectivity index (χ1n) is 8.66. The first-order chi connectivity index (χ1) is 11.6. The van der Waals surface area contributed by atoms with Crippen molar-refractivity contribution < 1.29 is 4.79 Å². The standard InChI is InChI=1S/C20H25N3O/c1-15-6-5-9-23(14-15)19-10-18(11-21-13-19)20(24)22-12-17-8-4-3-7-16(17)2/h3-4,7-8,10-11,13,15H,5-6,9,12,14H2,1-2H3,(H,22,24). The zero-order chi connectivity index (χ0) is 16.9. The number of amides is 1. The van der Waals surface area contributed by atoms with Crippen LogP contribution in [0.15, 0.2) is 42.7 Å². The summed E-state index contributed by atoms with van der Waals surface area (Å²) in [6, 6.07) is 10.1. The number of aromatic nitrogens is 1. The van der Waals surface area contributed by atoms with Gasteiger partial charge in [-0.1, -0.05) is 31.2 Å². The normalized spacial score (nSPS) is 17.6. The average Bonchev–Trinajstić information content (AvgIpc) is 2.61. The molecule has 0 spiro atoms. The van der Waals surface area contributed by atoms with E-state index in [-0.39, 0.29) is 5.91 Å². The minimum atomic E-state index is -0.0716. The molecule has 1 fully saturated rings. The summed E-state index contributed by atoms with van der Waals surface area (Å²) in [7, 11) is 0. The van der Waals surface area contributed by atoms with E-state index in [1.807, 2.05) is 30.5 Å². The Morgan fingerprint density at radius 2 is 2.17 bits per heavy atom. The summed E-state index contributed by atoms with van der Waals surface area (Å²) in [6.07, 6.45) is 5.98. The number of hydrogen-bond acceptors (Lipinski definition) is 3. The first kappa shape index (κ1) is 16.5. The molecule has 0 bridgehead atoms. The minimum Gasteiger partial charge on any atom is -0.370 e. The van der Waals surface area contributed by atoms with Crippen LogP contribution in [0.4, 0.5) is 5.69 Å². The van der Waals surface area contributed by atoms with Gasteiger partial charge in [0, 0.05) is 25.8 Å². The number of benzene rings is 1. The van der Waals surface area contributed by atoms with Gasteiger partial charge in [0.05, 0.1) is 17.4 Å². The average molecular weight is 323 g/mol. The maximum atomic E-state index is 12.5. The quantitative estimate of drug-likeness (QED) is 0.936. The third kappa shape index (κ3) is 3.94. The van der Waals surface area contributed by atoms with Gasteiger partial charge >= 0.3 is 0 Å². The number of carbonyl (C=O) groups is 1. The van der Waals surface area contributed by atoms with E-state index >= 15 is 0 Å². The number of aryl methyl sites for hydroxylation is 1. The third-order valence-corrected chi connectivity index (χ3v) is 4.71. The molecule has 1 amide bonds. The molecular formula is C20H25N3O. The van der Waals surface area contributed by atoms with E-state index in [0.717, 1.165) is 24.3 Å². The van der Waals surface area contributed by atoms with Gasteiger partial charge < -0.3 is 10.2 Å². The van der Waals surface area contributed by atoms with E-state index in [0.29, 0.717) is 18.0 Å². The Balaban J connectivity index is 1.67. The molecule has 1 unspecified atom stereocenters.